The third kappa shape index (κ3) is 6.56. The van der Waals surface area contributed by atoms with E-state index in [0.717, 1.165) is 0 Å². The van der Waals surface area contributed by atoms with E-state index in [9.17, 15) is 18.0 Å². The average molecular weight is 508 g/mol. The summed E-state index contributed by atoms with van der Waals surface area (Å²) in [6, 6.07) is 1.04. The Hall–Kier alpha value is -3.54. The van der Waals surface area contributed by atoms with Crippen molar-refractivity contribution in [1.29, 1.82) is 0 Å². The van der Waals surface area contributed by atoms with Gasteiger partial charge in [-0.15, -0.1) is 0 Å². The van der Waals surface area contributed by atoms with E-state index in [-0.39, 0.29) is 54.5 Å². The number of amides is 1. The highest BCUT2D eigenvalue weighted by molar-refractivity contribution is 5.85. The van der Waals surface area contributed by atoms with Crippen molar-refractivity contribution in [2.24, 2.45) is 10.9 Å². The second-order valence-corrected chi connectivity index (χ2v) is 8.97. The largest absolute Gasteiger partial charge is 0.395 e. The Morgan fingerprint density at radius 3 is 2.50 bits per heavy atom. The fraction of sp³-hybridized carbons (Fsp3) is 0.458. The predicted octanol–water partition coefficient (Wildman–Crippen LogP) is 3.35. The number of aliphatic imine (C=N–C) groups is 1. The first-order valence-corrected chi connectivity index (χ1v) is 11.8. The lowest BCUT2D eigenvalue weighted by molar-refractivity contribution is -0.126. The molecule has 0 radical (unpaired) electrons. The maximum absolute atomic E-state index is 14.4. The number of aliphatic hydroxyl groups is 1. The number of benzene rings is 1. The Kier molecular flexibility index (Phi) is 8.97. The molecule has 12 heteroatoms. The summed E-state index contributed by atoms with van der Waals surface area (Å²) in [4.78, 5) is 20.9. The van der Waals surface area contributed by atoms with Crippen molar-refractivity contribution in [3.8, 4) is 0 Å². The van der Waals surface area contributed by atoms with Crippen molar-refractivity contribution in [3.63, 3.8) is 0 Å². The van der Waals surface area contributed by atoms with Gasteiger partial charge in [0.1, 0.15) is 28.8 Å². The van der Waals surface area contributed by atoms with Crippen LogP contribution in [0.4, 0.5) is 30.6 Å². The van der Waals surface area contributed by atoms with Gasteiger partial charge in [-0.25, -0.2) is 23.1 Å². The smallest absolute Gasteiger partial charge is 0.223 e. The first kappa shape index (κ1) is 27.1. The molecule has 196 valence electrons. The highest BCUT2D eigenvalue weighted by atomic mass is 19.1. The van der Waals surface area contributed by atoms with Crippen molar-refractivity contribution in [3.05, 3.63) is 47.7 Å². The lowest BCUT2D eigenvalue weighted by Gasteiger charge is -2.30. The number of imidazole rings is 1. The summed E-state index contributed by atoms with van der Waals surface area (Å²) in [6.07, 6.45) is 3.62. The van der Waals surface area contributed by atoms with Crippen LogP contribution in [-0.4, -0.2) is 46.0 Å². The third-order valence-corrected chi connectivity index (χ3v) is 5.86. The van der Waals surface area contributed by atoms with Crippen LogP contribution in [0.15, 0.2) is 29.5 Å². The molecule has 1 aromatic carbocycles. The Morgan fingerprint density at radius 2 is 1.92 bits per heavy atom. The van der Waals surface area contributed by atoms with Crippen LogP contribution in [0.25, 0.3) is 0 Å². The number of carbonyl (C=O) groups excluding carboxylic acids is 1. The first-order chi connectivity index (χ1) is 17.1. The standard InChI is InChI=1S/C24H32F3N7O2/c1-13(2)31-14(3)30-12-20-22(28)34(17-6-4-15(5-7-17)23(36)29-8-9-35)24(32-20)33-21-18(26)10-16(25)11-19(21)27/h10-13,15,17,31,35H,3-9,28H2,1-2H3,(H,29,36)(H,32,33)/b30-12-/t15-,17+. The zero-order valence-electron chi connectivity index (χ0n) is 20.3. The summed E-state index contributed by atoms with van der Waals surface area (Å²) in [7, 11) is 0. The highest BCUT2D eigenvalue weighted by Crippen LogP contribution is 2.38. The number of nitrogens with two attached hydrogens (primary N) is 1. The van der Waals surface area contributed by atoms with Crippen LogP contribution in [0.5, 0.6) is 0 Å². The number of rotatable bonds is 10. The van der Waals surface area contributed by atoms with Crippen LogP contribution < -0.4 is 21.7 Å². The molecule has 0 spiro atoms. The zero-order chi connectivity index (χ0) is 26.4. The molecular formula is C24H32F3N7O2. The molecule has 1 aliphatic rings. The number of nitrogens with zero attached hydrogens (tertiary/aromatic N) is 3. The molecule has 1 saturated carbocycles. The second-order valence-electron chi connectivity index (χ2n) is 8.97. The van der Waals surface area contributed by atoms with Crippen molar-refractivity contribution < 1.29 is 23.1 Å². The molecule has 36 heavy (non-hydrogen) atoms. The van der Waals surface area contributed by atoms with E-state index >= 15 is 0 Å². The minimum atomic E-state index is -1.12. The molecular weight excluding hydrogens is 475 g/mol. The van der Waals surface area contributed by atoms with E-state index in [1.165, 1.54) is 6.21 Å². The molecule has 1 fully saturated rings. The van der Waals surface area contributed by atoms with E-state index in [2.05, 4.69) is 32.5 Å². The number of aromatic nitrogens is 2. The van der Waals surface area contributed by atoms with Gasteiger partial charge in [0, 0.05) is 36.7 Å². The molecule has 0 atom stereocenters. The minimum absolute atomic E-state index is 0.0639. The topological polar surface area (TPSA) is 130 Å². The lowest BCUT2D eigenvalue weighted by Crippen LogP contribution is -2.35. The quantitative estimate of drug-likeness (QED) is 0.314. The zero-order valence-corrected chi connectivity index (χ0v) is 20.3. The Morgan fingerprint density at radius 1 is 1.28 bits per heavy atom. The molecule has 0 bridgehead atoms. The Balaban J connectivity index is 1.90. The number of hydrogen-bond donors (Lipinski definition) is 5. The lowest BCUT2D eigenvalue weighted by atomic mass is 9.85. The Bertz CT molecular complexity index is 1100. The average Bonchev–Trinajstić information content (AvgIpc) is 3.12. The van der Waals surface area contributed by atoms with Crippen LogP contribution in [0.1, 0.15) is 51.3 Å². The van der Waals surface area contributed by atoms with Gasteiger partial charge < -0.3 is 26.8 Å². The SMILES string of the molecule is C=C(/N=C\c1nc(Nc2c(F)cc(F)cc2F)n([C@H]2CC[C@@H](C(=O)NCCO)CC2)c1N)NC(C)C. The predicted molar refractivity (Wildman–Crippen MR) is 132 cm³/mol. The number of halogens is 3. The van der Waals surface area contributed by atoms with Gasteiger partial charge in [0.05, 0.1) is 12.8 Å². The fourth-order valence-corrected chi connectivity index (χ4v) is 4.22. The van der Waals surface area contributed by atoms with Crippen LogP contribution in [0.3, 0.4) is 0 Å². The number of nitrogen functional groups attached to an aromatic ring is 1. The molecule has 9 nitrogen and oxygen atoms in total. The normalized spacial score (nSPS) is 18.0. The highest BCUT2D eigenvalue weighted by Gasteiger charge is 2.30. The number of anilines is 3. The summed E-state index contributed by atoms with van der Waals surface area (Å²) in [6.45, 7) is 7.73. The van der Waals surface area contributed by atoms with Gasteiger partial charge in [-0.1, -0.05) is 6.58 Å². The van der Waals surface area contributed by atoms with Gasteiger partial charge >= 0.3 is 0 Å². The van der Waals surface area contributed by atoms with E-state index in [1.54, 1.807) is 4.57 Å². The molecule has 1 amide bonds. The van der Waals surface area contributed by atoms with Gasteiger partial charge in [-0.05, 0) is 39.5 Å². The minimum Gasteiger partial charge on any atom is -0.395 e. The first-order valence-electron chi connectivity index (χ1n) is 11.8. The van der Waals surface area contributed by atoms with Crippen LogP contribution >= 0.6 is 0 Å². The molecule has 6 N–H and O–H groups in total. The van der Waals surface area contributed by atoms with Gasteiger partial charge in [0.15, 0.2) is 11.6 Å². The van der Waals surface area contributed by atoms with Crippen LogP contribution in [0, 0.1) is 23.4 Å². The molecule has 0 unspecified atom stereocenters. The number of hydrogen-bond acceptors (Lipinski definition) is 7. The van der Waals surface area contributed by atoms with Crippen molar-refractivity contribution in [2.75, 3.05) is 24.2 Å². The molecule has 0 saturated heterocycles. The molecule has 1 aromatic heterocycles. The van der Waals surface area contributed by atoms with E-state index in [1.807, 2.05) is 13.8 Å². The van der Waals surface area contributed by atoms with Gasteiger partial charge in [-0.3, -0.25) is 9.36 Å². The molecule has 2 aromatic rings. The van der Waals surface area contributed by atoms with Gasteiger partial charge in [0.2, 0.25) is 11.9 Å². The maximum atomic E-state index is 14.4. The van der Waals surface area contributed by atoms with Crippen molar-refractivity contribution >= 4 is 29.6 Å². The van der Waals surface area contributed by atoms with Gasteiger partial charge in [0.25, 0.3) is 0 Å². The summed E-state index contributed by atoms with van der Waals surface area (Å²) < 4.78 is 43.8. The molecule has 0 aliphatic heterocycles. The third-order valence-electron chi connectivity index (χ3n) is 5.86. The number of aliphatic hydroxyl groups excluding tert-OH is 1. The molecule has 1 aliphatic carbocycles. The Labute approximate surface area is 207 Å². The summed E-state index contributed by atoms with van der Waals surface area (Å²) in [5.41, 5.74) is 6.10. The van der Waals surface area contributed by atoms with Crippen molar-refractivity contribution in [2.45, 2.75) is 51.6 Å². The summed E-state index contributed by atoms with van der Waals surface area (Å²) in [5.74, 6) is -2.95. The van der Waals surface area contributed by atoms with E-state index < -0.39 is 23.1 Å². The summed E-state index contributed by atoms with van der Waals surface area (Å²) in [5, 5.41) is 17.3. The van der Waals surface area contributed by atoms with E-state index in [0.29, 0.717) is 43.6 Å². The summed E-state index contributed by atoms with van der Waals surface area (Å²) >= 11 is 0. The molecule has 3 rings (SSSR count). The number of nitrogens with one attached hydrogen (secondary N) is 3. The number of carbonyl (C=O) groups is 1. The molecule has 1 heterocycles. The fourth-order valence-electron chi connectivity index (χ4n) is 4.22. The van der Waals surface area contributed by atoms with Crippen molar-refractivity contribution in [1.82, 2.24) is 20.2 Å². The monoisotopic (exact) mass is 507 g/mol. The maximum Gasteiger partial charge on any atom is 0.223 e. The van der Waals surface area contributed by atoms with Crippen LogP contribution in [0.2, 0.25) is 0 Å². The van der Waals surface area contributed by atoms with Crippen LogP contribution in [-0.2, 0) is 4.79 Å². The van der Waals surface area contributed by atoms with E-state index in [4.69, 9.17) is 10.8 Å². The van der Waals surface area contributed by atoms with Gasteiger partial charge in [-0.2, -0.15) is 0 Å². The second kappa shape index (κ2) is 11.9.